The largest absolute Gasteiger partial charge is 1.00 e. The summed E-state index contributed by atoms with van der Waals surface area (Å²) in [5.74, 6) is -1.55. The van der Waals surface area contributed by atoms with Gasteiger partial charge >= 0.3 is 29.6 Å². The van der Waals surface area contributed by atoms with E-state index >= 15 is 0 Å². The second-order valence-corrected chi connectivity index (χ2v) is 7.78. The molecular formula is C19H14ClN4NaO6S. The third-order valence-electron chi connectivity index (χ3n) is 4.02. The molecule has 1 aliphatic rings. The van der Waals surface area contributed by atoms with E-state index in [1.165, 1.54) is 24.4 Å². The average molecular weight is 485 g/mol. The third kappa shape index (κ3) is 7.04. The van der Waals surface area contributed by atoms with Crippen LogP contribution in [0.25, 0.3) is 0 Å². The molecule has 2 aromatic rings. The third-order valence-corrected chi connectivity index (χ3v) is 5.46. The first-order valence-electron chi connectivity index (χ1n) is 8.76. The Bertz CT molecular complexity index is 1100. The van der Waals surface area contributed by atoms with E-state index < -0.39 is 28.5 Å². The molecule has 1 fully saturated rings. The fourth-order valence-corrected chi connectivity index (χ4v) is 3.63. The van der Waals surface area contributed by atoms with Gasteiger partial charge in [0.05, 0.1) is 16.4 Å². The van der Waals surface area contributed by atoms with Gasteiger partial charge in [-0.25, -0.2) is 0 Å². The van der Waals surface area contributed by atoms with Crippen LogP contribution in [0, 0.1) is 10.1 Å². The number of benzene rings is 2. The number of aliphatic carboxylic acids is 1. The molecule has 32 heavy (non-hydrogen) atoms. The number of nitrogens with one attached hydrogen (secondary N) is 1. The van der Waals surface area contributed by atoms with Crippen molar-refractivity contribution >= 4 is 52.3 Å². The van der Waals surface area contributed by atoms with E-state index in [0.717, 1.165) is 17.3 Å². The smallest absolute Gasteiger partial charge is 0.550 e. The van der Waals surface area contributed by atoms with Crippen molar-refractivity contribution in [2.24, 2.45) is 10.2 Å². The van der Waals surface area contributed by atoms with Gasteiger partial charge in [-0.2, -0.15) is 5.10 Å². The van der Waals surface area contributed by atoms with Crippen molar-refractivity contribution in [2.45, 2.75) is 18.3 Å². The summed E-state index contributed by atoms with van der Waals surface area (Å²) in [5, 5.41) is 31.6. The van der Waals surface area contributed by atoms with Gasteiger partial charge in [0, 0.05) is 40.7 Å². The topological polar surface area (TPSA) is 146 Å². The summed E-state index contributed by atoms with van der Waals surface area (Å²) < 4.78 is 5.75. The molecule has 0 radical (unpaired) electrons. The van der Waals surface area contributed by atoms with Gasteiger partial charge in [-0.1, -0.05) is 41.6 Å². The van der Waals surface area contributed by atoms with E-state index in [9.17, 15) is 24.8 Å². The molecule has 1 unspecified atom stereocenters. The van der Waals surface area contributed by atoms with Gasteiger partial charge in [0.15, 0.2) is 5.17 Å². The molecule has 0 aromatic heterocycles. The molecule has 1 N–H and O–H groups in total. The molecule has 2 aromatic carbocycles. The molecule has 0 bridgehead atoms. The monoisotopic (exact) mass is 484 g/mol. The van der Waals surface area contributed by atoms with Crippen LogP contribution in [0.4, 0.5) is 5.69 Å². The molecule has 1 aliphatic heterocycles. The Morgan fingerprint density at radius 3 is 2.75 bits per heavy atom. The van der Waals surface area contributed by atoms with E-state index in [4.69, 9.17) is 16.3 Å². The number of halogens is 1. The summed E-state index contributed by atoms with van der Waals surface area (Å²) in [7, 11) is 0. The molecular weight excluding hydrogens is 471 g/mol. The van der Waals surface area contributed by atoms with Crippen LogP contribution in [0.3, 0.4) is 0 Å². The quantitative estimate of drug-likeness (QED) is 0.216. The number of hydrogen-bond donors (Lipinski definition) is 1. The van der Waals surface area contributed by atoms with E-state index in [2.05, 4.69) is 15.5 Å². The van der Waals surface area contributed by atoms with Crippen LogP contribution in [0.5, 0.6) is 5.75 Å². The first-order valence-corrected chi connectivity index (χ1v) is 10.0. The minimum atomic E-state index is -1.35. The zero-order valence-corrected chi connectivity index (χ0v) is 20.3. The Balaban J connectivity index is 0.00000363. The molecule has 13 heteroatoms. The van der Waals surface area contributed by atoms with Crippen molar-refractivity contribution < 1.29 is 53.9 Å². The predicted octanol–water partition coefficient (Wildman–Crippen LogP) is -1.11. The molecule has 1 saturated heterocycles. The summed E-state index contributed by atoms with van der Waals surface area (Å²) in [4.78, 5) is 32.9. The van der Waals surface area contributed by atoms with Gasteiger partial charge in [-0.05, 0) is 12.1 Å². The fraction of sp³-hybridized carbons (Fsp3) is 0.158. The second-order valence-electron chi connectivity index (χ2n) is 6.18. The maximum atomic E-state index is 11.7. The zero-order chi connectivity index (χ0) is 22.4. The number of rotatable bonds is 8. The average Bonchev–Trinajstić information content (AvgIpc) is 3.06. The number of thioether (sulfide) groups is 1. The fourth-order valence-electron chi connectivity index (χ4n) is 2.53. The van der Waals surface area contributed by atoms with Gasteiger partial charge in [-0.15, -0.1) is 5.10 Å². The number of nitro benzene ring substituents is 1. The van der Waals surface area contributed by atoms with E-state index in [-0.39, 0.29) is 52.6 Å². The van der Waals surface area contributed by atoms with Crippen molar-refractivity contribution in [3.05, 3.63) is 68.7 Å². The van der Waals surface area contributed by atoms with Gasteiger partial charge in [-0.3, -0.25) is 14.9 Å². The van der Waals surface area contributed by atoms with Crippen molar-refractivity contribution in [3.63, 3.8) is 0 Å². The summed E-state index contributed by atoms with van der Waals surface area (Å²) in [6.45, 7) is 0.129. The number of carbonyl (C=O) groups is 2. The zero-order valence-electron chi connectivity index (χ0n) is 16.7. The Morgan fingerprint density at radius 2 is 2.06 bits per heavy atom. The maximum absolute atomic E-state index is 11.7. The molecule has 10 nitrogen and oxygen atoms in total. The van der Waals surface area contributed by atoms with Gasteiger partial charge < -0.3 is 20.0 Å². The number of carbonyl (C=O) groups excluding carboxylic acids is 2. The van der Waals surface area contributed by atoms with Crippen molar-refractivity contribution in [2.75, 3.05) is 0 Å². The van der Waals surface area contributed by atoms with Gasteiger partial charge in [0.2, 0.25) is 5.91 Å². The minimum Gasteiger partial charge on any atom is -0.550 e. The molecule has 0 saturated carbocycles. The molecule has 1 atom stereocenters. The number of nitro groups is 1. The molecule has 3 rings (SSSR count). The number of amidine groups is 1. The Hall–Kier alpha value is -2.44. The maximum Gasteiger partial charge on any atom is 1.00 e. The van der Waals surface area contributed by atoms with E-state index in [1.54, 1.807) is 24.3 Å². The molecule has 160 valence electrons. The van der Waals surface area contributed by atoms with Crippen LogP contribution < -0.4 is 44.7 Å². The Labute approximate surface area is 213 Å². The van der Waals surface area contributed by atoms with Crippen molar-refractivity contribution in [1.82, 2.24) is 5.32 Å². The first-order chi connectivity index (χ1) is 14.8. The number of hydrogen-bond acceptors (Lipinski definition) is 9. The minimum absolute atomic E-state index is 0. The number of non-ortho nitro benzene ring substituents is 1. The predicted molar refractivity (Wildman–Crippen MR) is 113 cm³/mol. The molecule has 1 heterocycles. The first kappa shape index (κ1) is 25.8. The normalized spacial score (nSPS) is 16.6. The number of nitrogens with zero attached hydrogens (tertiary/aromatic N) is 3. The summed E-state index contributed by atoms with van der Waals surface area (Å²) in [6.07, 6.45) is 0.783. The van der Waals surface area contributed by atoms with Crippen molar-refractivity contribution in [1.29, 1.82) is 0 Å². The Kier molecular flexibility index (Phi) is 9.66. The number of amides is 1. The molecule has 0 aliphatic carbocycles. The van der Waals surface area contributed by atoms with Crippen LogP contribution in [0.15, 0.2) is 52.7 Å². The van der Waals surface area contributed by atoms with E-state index in [0.29, 0.717) is 10.8 Å². The van der Waals surface area contributed by atoms with Crippen LogP contribution in [-0.4, -0.2) is 33.4 Å². The SMILES string of the molecule is O=C([O-])CC1S/C(=N/N=C/c2cc([N+](=O)[O-])ccc2OCc2ccccc2Cl)NC1=O.[Na+]. The molecule has 1 amide bonds. The number of carboxylic acids is 1. The van der Waals surface area contributed by atoms with Crippen LogP contribution in [0.2, 0.25) is 5.02 Å². The van der Waals surface area contributed by atoms with Crippen molar-refractivity contribution in [3.8, 4) is 5.75 Å². The van der Waals surface area contributed by atoms with Gasteiger partial charge in [0.25, 0.3) is 5.69 Å². The van der Waals surface area contributed by atoms with Crippen LogP contribution in [-0.2, 0) is 16.2 Å². The number of ether oxygens (including phenoxy) is 1. The summed E-state index contributed by atoms with van der Waals surface area (Å²) in [6, 6.07) is 11.1. The summed E-state index contributed by atoms with van der Waals surface area (Å²) in [5.41, 5.74) is 0.845. The van der Waals surface area contributed by atoms with Crippen LogP contribution >= 0.6 is 23.4 Å². The number of carboxylic acid groups (broad SMARTS) is 1. The van der Waals surface area contributed by atoms with Crippen LogP contribution in [0.1, 0.15) is 17.5 Å². The standard InChI is InChI=1S/C19H15ClN4O6S.Na/c20-14-4-2-1-3-11(14)10-30-15-6-5-13(24(28)29)7-12(15)9-21-23-19-22-18(27)16(31-19)8-17(25)26;/h1-7,9,16H,8,10H2,(H,25,26)(H,22,23,27);/q;+1/p-1/b21-9+;. The Morgan fingerprint density at radius 1 is 1.31 bits per heavy atom. The molecule has 0 spiro atoms. The summed E-state index contributed by atoms with van der Waals surface area (Å²) >= 11 is 7.02. The second kappa shape index (κ2) is 12.0. The van der Waals surface area contributed by atoms with E-state index in [1.807, 2.05) is 0 Å². The van der Waals surface area contributed by atoms with Gasteiger partial charge in [0.1, 0.15) is 12.4 Å².